The number of amides is 1. The summed E-state index contributed by atoms with van der Waals surface area (Å²) in [6.07, 6.45) is 5.93. The van der Waals surface area contributed by atoms with E-state index < -0.39 is 12.0 Å². The Morgan fingerprint density at radius 3 is 2.46 bits per heavy atom. The van der Waals surface area contributed by atoms with E-state index in [-0.39, 0.29) is 33.9 Å². The predicted octanol–water partition coefficient (Wildman–Crippen LogP) is 2.44. The summed E-state index contributed by atoms with van der Waals surface area (Å²) in [6, 6.07) is -0.634. The van der Waals surface area contributed by atoms with E-state index in [1.165, 1.54) is 12.8 Å². The van der Waals surface area contributed by atoms with Crippen LogP contribution in [0.5, 0.6) is 0 Å². The highest BCUT2D eigenvalue weighted by Gasteiger charge is 3.02. The number of hydrogen-bond acceptors (Lipinski definition) is 3. The molecule has 5 fully saturated rings. The molecule has 5 aliphatic rings. The van der Waals surface area contributed by atoms with E-state index in [0.29, 0.717) is 18.9 Å². The average molecular weight is 333 g/mol. The number of hydrogen-bond donors (Lipinski definition) is 1. The summed E-state index contributed by atoms with van der Waals surface area (Å²) in [6.45, 7) is 6.91. The van der Waals surface area contributed by atoms with Crippen LogP contribution in [0.15, 0.2) is 0 Å². The summed E-state index contributed by atoms with van der Waals surface area (Å²) in [5.41, 5.74) is 0.0540. The number of nitrogens with zero attached hydrogens (tertiary/aromatic N) is 1. The molecular formula is C19H27NO4. The van der Waals surface area contributed by atoms with Crippen LogP contribution >= 0.6 is 0 Å². The second-order valence-corrected chi connectivity index (χ2v) is 9.59. The van der Waals surface area contributed by atoms with Crippen molar-refractivity contribution in [2.45, 2.75) is 77.0 Å². The Bertz CT molecular complexity index is 650. The fourth-order valence-electron chi connectivity index (χ4n) is 6.44. The molecule has 0 spiro atoms. The molecule has 0 radical (unpaired) electrons. The van der Waals surface area contributed by atoms with E-state index in [2.05, 4.69) is 13.8 Å². The first-order valence-corrected chi connectivity index (χ1v) is 9.41. The van der Waals surface area contributed by atoms with Gasteiger partial charge in [-0.1, -0.05) is 13.8 Å². The summed E-state index contributed by atoms with van der Waals surface area (Å²) in [7, 11) is 0. The fourth-order valence-corrected chi connectivity index (χ4v) is 6.44. The molecule has 4 aliphatic carbocycles. The third kappa shape index (κ3) is 1.52. The zero-order valence-electron chi connectivity index (χ0n) is 14.8. The zero-order chi connectivity index (χ0) is 17.1. The molecule has 5 rings (SSSR count). The van der Waals surface area contributed by atoms with Crippen LogP contribution in [0.3, 0.4) is 0 Å². The predicted molar refractivity (Wildman–Crippen MR) is 86.3 cm³/mol. The van der Waals surface area contributed by atoms with Gasteiger partial charge in [-0.3, -0.25) is 4.79 Å². The maximum absolute atomic E-state index is 12.8. The highest BCUT2D eigenvalue weighted by atomic mass is 16.5. The van der Waals surface area contributed by atoms with Crippen LogP contribution in [0.4, 0.5) is 0 Å². The minimum absolute atomic E-state index is 0.0389. The number of carboxylic acid groups (broad SMARTS) is 1. The Kier molecular flexibility index (Phi) is 2.53. The summed E-state index contributed by atoms with van der Waals surface area (Å²) in [4.78, 5) is 26.3. The van der Waals surface area contributed by atoms with Crippen molar-refractivity contribution in [2.24, 2.45) is 22.2 Å². The van der Waals surface area contributed by atoms with Crippen LogP contribution in [-0.4, -0.2) is 46.2 Å². The first-order valence-electron chi connectivity index (χ1n) is 9.41. The molecule has 0 aromatic rings. The molecule has 4 atom stereocenters. The lowest BCUT2D eigenvalue weighted by Crippen LogP contribution is -2.51. The lowest BCUT2D eigenvalue weighted by Gasteiger charge is -2.38. The van der Waals surface area contributed by atoms with Crippen molar-refractivity contribution in [3.63, 3.8) is 0 Å². The van der Waals surface area contributed by atoms with E-state index in [4.69, 9.17) is 4.74 Å². The molecule has 1 saturated heterocycles. The molecule has 2 unspecified atom stereocenters. The number of likely N-dealkylation sites (tertiary alicyclic amines) is 1. The van der Waals surface area contributed by atoms with E-state index in [1.807, 2.05) is 6.92 Å². The van der Waals surface area contributed by atoms with Gasteiger partial charge in [0, 0.05) is 17.4 Å². The summed E-state index contributed by atoms with van der Waals surface area (Å²) >= 11 is 0. The maximum atomic E-state index is 12.8. The Morgan fingerprint density at radius 2 is 1.96 bits per heavy atom. The van der Waals surface area contributed by atoms with Crippen LogP contribution in [0.1, 0.15) is 59.3 Å². The van der Waals surface area contributed by atoms with E-state index in [0.717, 1.165) is 19.3 Å². The first kappa shape index (κ1) is 15.2. The lowest BCUT2D eigenvalue weighted by atomic mass is 9.81. The van der Waals surface area contributed by atoms with Gasteiger partial charge in [-0.2, -0.15) is 0 Å². The topological polar surface area (TPSA) is 66.8 Å². The minimum Gasteiger partial charge on any atom is -0.480 e. The van der Waals surface area contributed by atoms with Crippen molar-refractivity contribution in [1.82, 2.24) is 4.90 Å². The largest absolute Gasteiger partial charge is 0.480 e. The van der Waals surface area contributed by atoms with Crippen molar-refractivity contribution < 1.29 is 19.4 Å². The molecule has 5 nitrogen and oxygen atoms in total. The van der Waals surface area contributed by atoms with Gasteiger partial charge < -0.3 is 14.7 Å². The molecular weight excluding hydrogens is 306 g/mol. The number of aliphatic carboxylic acids is 1. The molecule has 1 aliphatic heterocycles. The van der Waals surface area contributed by atoms with Gasteiger partial charge in [0.1, 0.15) is 6.04 Å². The summed E-state index contributed by atoms with van der Waals surface area (Å²) < 4.78 is 6.22. The van der Waals surface area contributed by atoms with Crippen molar-refractivity contribution in [1.29, 1.82) is 0 Å². The number of carbonyl (C=O) groups excluding carboxylic acids is 1. The van der Waals surface area contributed by atoms with E-state index in [9.17, 15) is 14.7 Å². The Balaban J connectivity index is 1.26. The number of ether oxygens (including phenoxy) is 1. The zero-order valence-corrected chi connectivity index (χ0v) is 14.8. The monoisotopic (exact) mass is 333 g/mol. The number of rotatable bonds is 6. The van der Waals surface area contributed by atoms with Crippen LogP contribution < -0.4 is 0 Å². The van der Waals surface area contributed by atoms with Gasteiger partial charge in [0.15, 0.2) is 0 Å². The molecule has 4 saturated carbocycles. The Morgan fingerprint density at radius 1 is 1.29 bits per heavy atom. The van der Waals surface area contributed by atoms with Crippen molar-refractivity contribution in [3.8, 4) is 0 Å². The Hall–Kier alpha value is -1.10. The SMILES string of the molecule is C[C@H](CC(=O)N1CC23CC2([C@H]1C(=O)O)C3(C)C)OC1(C2CC2)CC1. The molecule has 0 aromatic heterocycles. The first-order chi connectivity index (χ1) is 11.2. The second-order valence-electron chi connectivity index (χ2n) is 9.59. The van der Waals surface area contributed by atoms with Crippen LogP contribution in [-0.2, 0) is 14.3 Å². The standard InChI is InChI=1S/C19H27NO4/c1-11(24-17(6-7-17)12-4-5-12)8-13(21)20-10-18-9-19(18,16(18,2)3)14(20)15(22)23/h11-12,14H,4-10H2,1-3H3,(H,22,23)/t11-,14-,18?,19?/m1/s1. The molecule has 0 aromatic carbocycles. The molecule has 1 heterocycles. The van der Waals surface area contributed by atoms with Gasteiger partial charge in [0.05, 0.1) is 18.1 Å². The minimum atomic E-state index is -0.835. The maximum Gasteiger partial charge on any atom is 0.327 e. The third-order valence-corrected chi connectivity index (χ3v) is 8.29. The van der Waals surface area contributed by atoms with Gasteiger partial charge >= 0.3 is 5.97 Å². The fraction of sp³-hybridized carbons (Fsp3) is 0.895. The van der Waals surface area contributed by atoms with Gasteiger partial charge in [0.2, 0.25) is 5.91 Å². The normalized spacial score (nSPS) is 43.6. The highest BCUT2D eigenvalue weighted by molar-refractivity contribution is 5.89. The second kappa shape index (κ2) is 4.00. The van der Waals surface area contributed by atoms with Crippen LogP contribution in [0.2, 0.25) is 0 Å². The molecule has 24 heavy (non-hydrogen) atoms. The summed E-state index contributed by atoms with van der Waals surface area (Å²) in [5.74, 6) is -0.172. The summed E-state index contributed by atoms with van der Waals surface area (Å²) in [5, 5.41) is 9.74. The number of carbonyl (C=O) groups is 2. The molecule has 1 amide bonds. The third-order valence-electron chi connectivity index (χ3n) is 8.29. The molecule has 132 valence electrons. The molecule has 0 bridgehead atoms. The van der Waals surface area contributed by atoms with Crippen molar-refractivity contribution >= 4 is 11.9 Å². The van der Waals surface area contributed by atoms with Crippen molar-refractivity contribution in [3.05, 3.63) is 0 Å². The number of piperidine rings is 2. The van der Waals surface area contributed by atoms with Gasteiger partial charge in [-0.25, -0.2) is 4.79 Å². The average Bonchev–Trinajstić information content (AvgIpc) is 3.34. The molecule has 1 N–H and O–H groups in total. The lowest BCUT2D eigenvalue weighted by molar-refractivity contribution is -0.155. The van der Waals surface area contributed by atoms with Crippen molar-refractivity contribution in [2.75, 3.05) is 6.54 Å². The van der Waals surface area contributed by atoms with E-state index in [1.54, 1.807) is 4.90 Å². The van der Waals surface area contributed by atoms with Gasteiger partial charge in [-0.05, 0) is 50.4 Å². The van der Waals surface area contributed by atoms with E-state index >= 15 is 0 Å². The van der Waals surface area contributed by atoms with Gasteiger partial charge in [-0.15, -0.1) is 0 Å². The molecule has 5 heteroatoms. The Labute approximate surface area is 142 Å². The highest BCUT2D eigenvalue weighted by Crippen LogP contribution is 3.00. The smallest absolute Gasteiger partial charge is 0.327 e. The number of carboxylic acids is 1. The van der Waals surface area contributed by atoms with Gasteiger partial charge in [0.25, 0.3) is 0 Å². The van der Waals surface area contributed by atoms with Crippen LogP contribution in [0, 0.1) is 22.2 Å². The quantitative estimate of drug-likeness (QED) is 0.811. The van der Waals surface area contributed by atoms with Crippen LogP contribution in [0.25, 0.3) is 0 Å².